The van der Waals surface area contributed by atoms with Crippen molar-refractivity contribution in [2.75, 3.05) is 12.4 Å². The van der Waals surface area contributed by atoms with Crippen LogP contribution in [0, 0.1) is 0 Å². The SMILES string of the molecule is COc1cccc(Cl)c1CNc1ccc(C(=O)O)nn1. The van der Waals surface area contributed by atoms with Crippen LogP contribution >= 0.6 is 11.6 Å². The first-order valence-corrected chi connectivity index (χ1v) is 6.12. The summed E-state index contributed by atoms with van der Waals surface area (Å²) in [6.07, 6.45) is 0. The molecule has 0 aliphatic carbocycles. The third kappa shape index (κ3) is 3.16. The highest BCUT2D eigenvalue weighted by Crippen LogP contribution is 2.26. The standard InChI is InChI=1S/C13H12ClN3O3/c1-20-11-4-2-3-9(14)8(11)7-15-12-6-5-10(13(18)19)16-17-12/h2-6H,7H2,1H3,(H,15,17)(H,18,19). The predicted octanol–water partition coefficient (Wildman–Crippen LogP) is 2.45. The normalized spacial score (nSPS) is 10.1. The monoisotopic (exact) mass is 293 g/mol. The van der Waals surface area contributed by atoms with Crippen LogP contribution < -0.4 is 10.1 Å². The molecule has 0 unspecified atom stereocenters. The van der Waals surface area contributed by atoms with Crippen LogP contribution in [0.2, 0.25) is 5.02 Å². The molecule has 20 heavy (non-hydrogen) atoms. The highest BCUT2D eigenvalue weighted by Gasteiger charge is 2.09. The summed E-state index contributed by atoms with van der Waals surface area (Å²) in [7, 11) is 1.57. The summed E-state index contributed by atoms with van der Waals surface area (Å²) in [5, 5.41) is 19.7. The molecular formula is C13H12ClN3O3. The summed E-state index contributed by atoms with van der Waals surface area (Å²) >= 11 is 6.11. The molecule has 0 spiro atoms. The highest BCUT2D eigenvalue weighted by molar-refractivity contribution is 6.31. The summed E-state index contributed by atoms with van der Waals surface area (Å²) in [5.74, 6) is 0.00825. The molecule has 0 aliphatic heterocycles. The molecule has 7 heteroatoms. The van der Waals surface area contributed by atoms with Gasteiger partial charge in [0.25, 0.3) is 0 Å². The number of nitrogens with zero attached hydrogens (tertiary/aromatic N) is 2. The molecule has 1 heterocycles. The number of hydrogen-bond acceptors (Lipinski definition) is 5. The van der Waals surface area contributed by atoms with Crippen LogP contribution in [0.15, 0.2) is 30.3 Å². The van der Waals surface area contributed by atoms with Crippen molar-refractivity contribution in [1.82, 2.24) is 10.2 Å². The number of carboxylic acid groups (broad SMARTS) is 1. The second-order valence-corrected chi connectivity index (χ2v) is 4.29. The van der Waals surface area contributed by atoms with Crippen LogP contribution in [0.5, 0.6) is 5.75 Å². The van der Waals surface area contributed by atoms with Gasteiger partial charge in [-0.3, -0.25) is 0 Å². The number of anilines is 1. The molecule has 0 aliphatic rings. The van der Waals surface area contributed by atoms with Crippen LogP contribution in [0.25, 0.3) is 0 Å². The van der Waals surface area contributed by atoms with Crippen LogP contribution in [-0.4, -0.2) is 28.4 Å². The molecule has 0 fully saturated rings. The van der Waals surface area contributed by atoms with E-state index >= 15 is 0 Å². The number of carboxylic acids is 1. The van der Waals surface area contributed by atoms with Crippen molar-refractivity contribution in [2.24, 2.45) is 0 Å². The van der Waals surface area contributed by atoms with Crippen molar-refractivity contribution in [3.05, 3.63) is 46.6 Å². The van der Waals surface area contributed by atoms with E-state index in [2.05, 4.69) is 15.5 Å². The topological polar surface area (TPSA) is 84.3 Å². The van der Waals surface area contributed by atoms with E-state index in [1.54, 1.807) is 25.3 Å². The molecule has 2 rings (SSSR count). The minimum absolute atomic E-state index is 0.106. The molecule has 0 bridgehead atoms. The summed E-state index contributed by atoms with van der Waals surface area (Å²) in [4.78, 5) is 10.7. The van der Waals surface area contributed by atoms with E-state index in [4.69, 9.17) is 21.4 Å². The zero-order chi connectivity index (χ0) is 14.5. The van der Waals surface area contributed by atoms with Crippen molar-refractivity contribution in [3.63, 3.8) is 0 Å². The van der Waals surface area contributed by atoms with Gasteiger partial charge in [0.15, 0.2) is 5.69 Å². The smallest absolute Gasteiger partial charge is 0.356 e. The Labute approximate surface area is 120 Å². The Bertz CT molecular complexity index is 617. The number of methoxy groups -OCH3 is 1. The largest absolute Gasteiger partial charge is 0.496 e. The lowest BCUT2D eigenvalue weighted by atomic mass is 10.2. The van der Waals surface area contributed by atoms with Gasteiger partial charge >= 0.3 is 5.97 Å². The summed E-state index contributed by atoms with van der Waals surface area (Å²) in [6.45, 7) is 0.393. The molecule has 104 valence electrons. The van der Waals surface area contributed by atoms with Crippen LogP contribution in [-0.2, 0) is 6.54 Å². The fraction of sp³-hybridized carbons (Fsp3) is 0.154. The minimum Gasteiger partial charge on any atom is -0.496 e. The van der Waals surface area contributed by atoms with Crippen molar-refractivity contribution in [2.45, 2.75) is 6.54 Å². The fourth-order valence-corrected chi connectivity index (χ4v) is 1.85. The maximum absolute atomic E-state index is 10.7. The van der Waals surface area contributed by atoms with E-state index in [0.29, 0.717) is 23.1 Å². The third-order valence-corrected chi connectivity index (χ3v) is 2.98. The fourth-order valence-electron chi connectivity index (χ4n) is 1.62. The second kappa shape index (κ2) is 6.21. The van der Waals surface area contributed by atoms with E-state index in [9.17, 15) is 4.79 Å². The number of benzene rings is 1. The molecule has 0 atom stereocenters. The molecule has 0 radical (unpaired) electrons. The molecule has 1 aromatic heterocycles. The molecule has 0 saturated heterocycles. The Morgan fingerprint density at radius 2 is 2.15 bits per heavy atom. The van der Waals surface area contributed by atoms with Gasteiger partial charge < -0.3 is 15.2 Å². The second-order valence-electron chi connectivity index (χ2n) is 3.88. The van der Waals surface area contributed by atoms with Crippen LogP contribution in [0.1, 0.15) is 16.1 Å². The van der Waals surface area contributed by atoms with Gasteiger partial charge in [0.2, 0.25) is 0 Å². The van der Waals surface area contributed by atoms with Crippen molar-refractivity contribution in [1.29, 1.82) is 0 Å². The Kier molecular flexibility index (Phi) is 4.37. The van der Waals surface area contributed by atoms with Crippen molar-refractivity contribution >= 4 is 23.4 Å². The summed E-state index contributed by atoms with van der Waals surface area (Å²) in [5.41, 5.74) is 0.687. The maximum Gasteiger partial charge on any atom is 0.356 e. The quantitative estimate of drug-likeness (QED) is 0.881. The lowest BCUT2D eigenvalue weighted by Crippen LogP contribution is -2.07. The Balaban J connectivity index is 2.11. The first-order valence-electron chi connectivity index (χ1n) is 5.74. The van der Waals surface area contributed by atoms with Crippen molar-refractivity contribution in [3.8, 4) is 5.75 Å². The van der Waals surface area contributed by atoms with E-state index < -0.39 is 5.97 Å². The lowest BCUT2D eigenvalue weighted by Gasteiger charge is -2.11. The Morgan fingerprint density at radius 3 is 2.75 bits per heavy atom. The average Bonchev–Trinajstić information content (AvgIpc) is 2.46. The van der Waals surface area contributed by atoms with E-state index in [1.807, 2.05) is 6.07 Å². The van der Waals surface area contributed by atoms with Gasteiger partial charge in [0.05, 0.1) is 7.11 Å². The number of aromatic carboxylic acids is 1. The molecule has 0 saturated carbocycles. The van der Waals surface area contributed by atoms with Gasteiger partial charge in [-0.2, -0.15) is 0 Å². The van der Waals surface area contributed by atoms with Crippen molar-refractivity contribution < 1.29 is 14.6 Å². The lowest BCUT2D eigenvalue weighted by molar-refractivity contribution is 0.0689. The number of nitrogens with one attached hydrogen (secondary N) is 1. The number of halogens is 1. The van der Waals surface area contributed by atoms with Crippen LogP contribution in [0.4, 0.5) is 5.82 Å². The minimum atomic E-state index is -1.11. The van der Waals surface area contributed by atoms with Gasteiger partial charge in [0, 0.05) is 17.1 Å². The zero-order valence-electron chi connectivity index (χ0n) is 10.6. The van der Waals surface area contributed by atoms with E-state index in [0.717, 1.165) is 5.56 Å². The highest BCUT2D eigenvalue weighted by atomic mass is 35.5. The number of aromatic nitrogens is 2. The number of rotatable bonds is 5. The Hall–Kier alpha value is -2.34. The molecule has 6 nitrogen and oxygen atoms in total. The number of ether oxygens (including phenoxy) is 1. The van der Waals surface area contributed by atoms with Gasteiger partial charge in [-0.25, -0.2) is 4.79 Å². The number of hydrogen-bond donors (Lipinski definition) is 2. The summed E-state index contributed by atoms with van der Waals surface area (Å²) in [6, 6.07) is 8.29. The first-order chi connectivity index (χ1) is 9.61. The number of carbonyl (C=O) groups is 1. The van der Waals surface area contributed by atoms with Gasteiger partial charge in [0.1, 0.15) is 11.6 Å². The molecule has 1 aromatic carbocycles. The summed E-state index contributed by atoms with van der Waals surface area (Å²) < 4.78 is 5.23. The van der Waals surface area contributed by atoms with E-state index in [1.165, 1.54) is 6.07 Å². The Morgan fingerprint density at radius 1 is 1.35 bits per heavy atom. The maximum atomic E-state index is 10.7. The molecule has 2 N–H and O–H groups in total. The van der Waals surface area contributed by atoms with Gasteiger partial charge in [-0.1, -0.05) is 17.7 Å². The predicted molar refractivity (Wildman–Crippen MR) is 74.3 cm³/mol. The van der Waals surface area contributed by atoms with Crippen LogP contribution in [0.3, 0.4) is 0 Å². The third-order valence-electron chi connectivity index (χ3n) is 2.63. The molecular weight excluding hydrogens is 282 g/mol. The van der Waals surface area contributed by atoms with Gasteiger partial charge in [-0.15, -0.1) is 10.2 Å². The van der Waals surface area contributed by atoms with Gasteiger partial charge in [-0.05, 0) is 24.3 Å². The van der Waals surface area contributed by atoms with E-state index in [-0.39, 0.29) is 5.69 Å². The molecule has 2 aromatic rings. The average molecular weight is 294 g/mol. The first kappa shape index (κ1) is 14.1. The zero-order valence-corrected chi connectivity index (χ0v) is 11.4. The molecule has 0 amide bonds.